The van der Waals surface area contributed by atoms with Crippen molar-refractivity contribution in [3.63, 3.8) is 0 Å². The normalized spacial score (nSPS) is 11.0. The Bertz CT molecular complexity index is 688. The van der Waals surface area contributed by atoms with Gasteiger partial charge in [-0.25, -0.2) is 13.9 Å². The molecule has 2 N–H and O–H groups in total. The summed E-state index contributed by atoms with van der Waals surface area (Å²) in [6.07, 6.45) is 1.84. The summed E-state index contributed by atoms with van der Waals surface area (Å²) in [5.41, 5.74) is 8.09. The standard InChI is InChI=1S/C13H11FN4/c14-11-4-2-10(3-5-11)13-16-12-6-1-9(7-15)8-18(12)17-13/h1-6,8H,7,15H2. The molecule has 4 nitrogen and oxygen atoms in total. The lowest BCUT2D eigenvalue weighted by Gasteiger charge is -1.95. The van der Waals surface area contributed by atoms with Crippen LogP contribution in [0.3, 0.4) is 0 Å². The zero-order valence-electron chi connectivity index (χ0n) is 9.55. The first-order valence-electron chi connectivity index (χ1n) is 5.57. The van der Waals surface area contributed by atoms with Crippen LogP contribution in [0.2, 0.25) is 0 Å². The molecule has 0 aliphatic carbocycles. The summed E-state index contributed by atoms with van der Waals surface area (Å²) in [5.74, 6) is 0.303. The summed E-state index contributed by atoms with van der Waals surface area (Å²) in [6, 6.07) is 9.89. The molecule has 1 aromatic carbocycles. The second-order valence-corrected chi connectivity index (χ2v) is 3.99. The minimum Gasteiger partial charge on any atom is -0.326 e. The van der Waals surface area contributed by atoms with Crippen molar-refractivity contribution < 1.29 is 4.39 Å². The Morgan fingerprint density at radius 2 is 1.89 bits per heavy atom. The van der Waals surface area contributed by atoms with Gasteiger partial charge in [-0.2, -0.15) is 0 Å². The van der Waals surface area contributed by atoms with Gasteiger partial charge in [0.05, 0.1) is 0 Å². The molecule has 0 spiro atoms. The summed E-state index contributed by atoms with van der Waals surface area (Å²) in [6.45, 7) is 0.460. The van der Waals surface area contributed by atoms with E-state index in [4.69, 9.17) is 5.73 Å². The Morgan fingerprint density at radius 3 is 2.61 bits per heavy atom. The highest BCUT2D eigenvalue weighted by molar-refractivity contribution is 5.58. The second kappa shape index (κ2) is 4.19. The molecule has 0 atom stereocenters. The second-order valence-electron chi connectivity index (χ2n) is 3.99. The zero-order chi connectivity index (χ0) is 12.5. The summed E-state index contributed by atoms with van der Waals surface area (Å²) in [4.78, 5) is 4.38. The van der Waals surface area contributed by atoms with Gasteiger partial charge >= 0.3 is 0 Å². The monoisotopic (exact) mass is 242 g/mol. The molecule has 2 heterocycles. The van der Waals surface area contributed by atoms with Crippen molar-refractivity contribution in [2.75, 3.05) is 0 Å². The Kier molecular flexibility index (Phi) is 2.53. The van der Waals surface area contributed by atoms with Gasteiger partial charge in [-0.1, -0.05) is 6.07 Å². The molecule has 2 aromatic heterocycles. The van der Waals surface area contributed by atoms with Gasteiger partial charge in [-0.15, -0.1) is 5.10 Å². The molecule has 3 rings (SSSR count). The summed E-state index contributed by atoms with van der Waals surface area (Å²) in [5, 5.41) is 4.35. The molecule has 0 aliphatic heterocycles. The minimum absolute atomic E-state index is 0.270. The van der Waals surface area contributed by atoms with Crippen LogP contribution in [0.25, 0.3) is 17.0 Å². The zero-order valence-corrected chi connectivity index (χ0v) is 9.55. The van der Waals surface area contributed by atoms with Crippen LogP contribution in [0.4, 0.5) is 4.39 Å². The van der Waals surface area contributed by atoms with E-state index in [1.54, 1.807) is 16.6 Å². The first kappa shape index (κ1) is 10.9. The maximum Gasteiger partial charge on any atom is 0.182 e. The number of fused-ring (bicyclic) bond motifs is 1. The highest BCUT2D eigenvalue weighted by Crippen LogP contribution is 2.16. The van der Waals surface area contributed by atoms with E-state index in [9.17, 15) is 4.39 Å². The van der Waals surface area contributed by atoms with Gasteiger partial charge in [0.15, 0.2) is 11.5 Å². The lowest BCUT2D eigenvalue weighted by Crippen LogP contribution is -1.98. The van der Waals surface area contributed by atoms with Crippen molar-refractivity contribution in [3.05, 3.63) is 54.0 Å². The molecule has 0 amide bonds. The Labute approximate surface area is 103 Å². The summed E-state index contributed by atoms with van der Waals surface area (Å²) in [7, 11) is 0. The van der Waals surface area contributed by atoms with E-state index in [0.29, 0.717) is 12.4 Å². The number of rotatable bonds is 2. The Morgan fingerprint density at radius 1 is 1.11 bits per heavy atom. The van der Waals surface area contributed by atoms with Gasteiger partial charge in [0.2, 0.25) is 0 Å². The fourth-order valence-corrected chi connectivity index (χ4v) is 1.77. The average molecular weight is 242 g/mol. The Hall–Kier alpha value is -2.27. The van der Waals surface area contributed by atoms with Crippen LogP contribution in [-0.2, 0) is 6.54 Å². The molecule has 18 heavy (non-hydrogen) atoms. The summed E-state index contributed by atoms with van der Waals surface area (Å²) < 4.78 is 14.5. The van der Waals surface area contributed by atoms with Crippen LogP contribution < -0.4 is 5.73 Å². The first-order valence-corrected chi connectivity index (χ1v) is 5.57. The van der Waals surface area contributed by atoms with E-state index >= 15 is 0 Å². The lowest BCUT2D eigenvalue weighted by molar-refractivity contribution is 0.628. The highest BCUT2D eigenvalue weighted by Gasteiger charge is 2.06. The number of hydrogen-bond donors (Lipinski definition) is 1. The SMILES string of the molecule is NCc1ccc2nc(-c3ccc(F)cc3)nn2c1. The van der Waals surface area contributed by atoms with Gasteiger partial charge in [-0.05, 0) is 35.9 Å². The average Bonchev–Trinajstić information content (AvgIpc) is 2.82. The molecule has 0 saturated carbocycles. The molecule has 90 valence electrons. The highest BCUT2D eigenvalue weighted by atomic mass is 19.1. The van der Waals surface area contributed by atoms with E-state index in [0.717, 1.165) is 16.8 Å². The molecule has 5 heteroatoms. The summed E-state index contributed by atoms with van der Waals surface area (Å²) >= 11 is 0. The third-order valence-corrected chi connectivity index (χ3v) is 2.73. The maximum absolute atomic E-state index is 12.8. The predicted molar refractivity (Wildman–Crippen MR) is 66.3 cm³/mol. The van der Waals surface area contributed by atoms with E-state index in [1.165, 1.54) is 12.1 Å². The molecule has 0 unspecified atom stereocenters. The van der Waals surface area contributed by atoms with Crippen molar-refractivity contribution in [2.24, 2.45) is 5.73 Å². The number of nitrogens with two attached hydrogens (primary N) is 1. The number of nitrogens with zero attached hydrogens (tertiary/aromatic N) is 3. The molecule has 0 saturated heterocycles. The smallest absolute Gasteiger partial charge is 0.182 e. The van der Waals surface area contributed by atoms with Crippen molar-refractivity contribution >= 4 is 5.65 Å². The number of benzene rings is 1. The van der Waals surface area contributed by atoms with Crippen molar-refractivity contribution in [3.8, 4) is 11.4 Å². The number of aromatic nitrogens is 3. The van der Waals surface area contributed by atoms with Gasteiger partial charge in [0.25, 0.3) is 0 Å². The molecule has 3 aromatic rings. The first-order chi connectivity index (χ1) is 8.76. The van der Waals surface area contributed by atoms with Crippen LogP contribution >= 0.6 is 0 Å². The van der Waals surface area contributed by atoms with Crippen LogP contribution in [0.15, 0.2) is 42.6 Å². The van der Waals surface area contributed by atoms with Crippen molar-refractivity contribution in [2.45, 2.75) is 6.54 Å². The molecular weight excluding hydrogens is 231 g/mol. The molecule has 0 bridgehead atoms. The topological polar surface area (TPSA) is 56.2 Å². The number of halogens is 1. The van der Waals surface area contributed by atoms with Gasteiger partial charge < -0.3 is 5.73 Å². The predicted octanol–water partition coefficient (Wildman–Crippen LogP) is 1.99. The van der Waals surface area contributed by atoms with E-state index in [-0.39, 0.29) is 5.82 Å². The number of pyridine rings is 1. The van der Waals surface area contributed by atoms with Gasteiger partial charge in [0.1, 0.15) is 5.82 Å². The fraction of sp³-hybridized carbons (Fsp3) is 0.0769. The van der Waals surface area contributed by atoms with Gasteiger partial charge in [0, 0.05) is 18.3 Å². The van der Waals surface area contributed by atoms with E-state index < -0.39 is 0 Å². The third-order valence-electron chi connectivity index (χ3n) is 2.73. The number of hydrogen-bond acceptors (Lipinski definition) is 3. The minimum atomic E-state index is -0.270. The molecule has 0 radical (unpaired) electrons. The van der Waals surface area contributed by atoms with Crippen molar-refractivity contribution in [1.82, 2.24) is 14.6 Å². The molecule has 0 aliphatic rings. The Balaban J connectivity index is 2.10. The quantitative estimate of drug-likeness (QED) is 0.747. The van der Waals surface area contributed by atoms with Crippen LogP contribution in [0.1, 0.15) is 5.56 Å². The molecule has 0 fully saturated rings. The van der Waals surface area contributed by atoms with E-state index in [2.05, 4.69) is 10.1 Å². The third kappa shape index (κ3) is 1.84. The molecular formula is C13H11FN4. The van der Waals surface area contributed by atoms with Crippen molar-refractivity contribution in [1.29, 1.82) is 0 Å². The fourth-order valence-electron chi connectivity index (χ4n) is 1.77. The van der Waals surface area contributed by atoms with Crippen LogP contribution in [-0.4, -0.2) is 14.6 Å². The maximum atomic E-state index is 12.8. The van der Waals surface area contributed by atoms with Gasteiger partial charge in [-0.3, -0.25) is 0 Å². The van der Waals surface area contributed by atoms with Crippen LogP contribution in [0, 0.1) is 5.82 Å². The largest absolute Gasteiger partial charge is 0.326 e. The van der Waals surface area contributed by atoms with Crippen LogP contribution in [0.5, 0.6) is 0 Å². The lowest BCUT2D eigenvalue weighted by atomic mass is 10.2. The van der Waals surface area contributed by atoms with E-state index in [1.807, 2.05) is 18.3 Å².